The van der Waals surface area contributed by atoms with E-state index in [4.69, 9.17) is 12.2 Å². The van der Waals surface area contributed by atoms with Gasteiger partial charge in [-0.25, -0.2) is 0 Å². The van der Waals surface area contributed by atoms with Gasteiger partial charge in [-0.15, -0.1) is 0 Å². The third-order valence-electron chi connectivity index (χ3n) is 6.10. The van der Waals surface area contributed by atoms with E-state index in [0.29, 0.717) is 18.1 Å². The second kappa shape index (κ2) is 10.1. The maximum absolute atomic E-state index is 12.8. The average molecular weight is 483 g/mol. The van der Waals surface area contributed by atoms with Crippen molar-refractivity contribution >= 4 is 28.9 Å². The molecule has 7 nitrogen and oxygen atoms in total. The van der Waals surface area contributed by atoms with Crippen molar-refractivity contribution < 1.29 is 4.79 Å². The molecular weight excluding hydrogens is 456 g/mol. The number of pyridine rings is 2. The molecule has 0 aliphatic carbocycles. The average Bonchev–Trinajstić information content (AvgIpc) is 3.48. The molecule has 1 fully saturated rings. The number of anilines is 1. The molecule has 0 unspecified atom stereocenters. The third kappa shape index (κ3) is 4.93. The van der Waals surface area contributed by atoms with Crippen molar-refractivity contribution in [2.24, 2.45) is 0 Å². The number of carbonyl (C=O) groups excluding carboxylic acids is 1. The van der Waals surface area contributed by atoms with Crippen LogP contribution in [0.15, 0.2) is 91.5 Å². The lowest BCUT2D eigenvalue weighted by Gasteiger charge is -2.28. The predicted molar refractivity (Wildman–Crippen MR) is 140 cm³/mol. The maximum atomic E-state index is 12.8. The van der Waals surface area contributed by atoms with Gasteiger partial charge in [-0.1, -0.05) is 18.2 Å². The first-order valence-corrected chi connectivity index (χ1v) is 11.9. The van der Waals surface area contributed by atoms with Crippen LogP contribution < -0.4 is 10.6 Å². The van der Waals surface area contributed by atoms with Gasteiger partial charge in [-0.3, -0.25) is 14.8 Å². The molecule has 176 valence electrons. The van der Waals surface area contributed by atoms with Crippen molar-refractivity contribution in [3.63, 3.8) is 0 Å². The summed E-state index contributed by atoms with van der Waals surface area (Å²) >= 11 is 5.76. The second-order valence-corrected chi connectivity index (χ2v) is 8.88. The molecule has 8 heteroatoms. The minimum Gasteiger partial charge on any atom is -0.352 e. The van der Waals surface area contributed by atoms with Crippen LogP contribution in [0.2, 0.25) is 0 Å². The number of nitrogens with zero attached hydrogens (tertiary/aromatic N) is 4. The van der Waals surface area contributed by atoms with Gasteiger partial charge in [0, 0.05) is 54.8 Å². The first-order valence-electron chi connectivity index (χ1n) is 11.5. The van der Waals surface area contributed by atoms with Crippen LogP contribution in [0.4, 0.5) is 5.69 Å². The lowest BCUT2D eigenvalue weighted by Crippen LogP contribution is -2.33. The van der Waals surface area contributed by atoms with E-state index < -0.39 is 0 Å². The van der Waals surface area contributed by atoms with Gasteiger partial charge in [0.15, 0.2) is 5.11 Å². The number of thiocarbonyl (C=S) groups is 1. The number of benzene rings is 1. The monoisotopic (exact) mass is 482 g/mol. The Morgan fingerprint density at radius 2 is 1.91 bits per heavy atom. The lowest BCUT2D eigenvalue weighted by atomic mass is 10.0. The summed E-state index contributed by atoms with van der Waals surface area (Å²) in [5.41, 5.74) is 4.86. The van der Waals surface area contributed by atoms with Gasteiger partial charge >= 0.3 is 0 Å². The molecule has 0 bridgehead atoms. The summed E-state index contributed by atoms with van der Waals surface area (Å²) in [6.45, 7) is 2.48. The standard InChI is InChI=1S/C27H26N6OS/c1-19-6-4-7-20(18-19)30-24(34)12-17-33-26(25(31-27(33)35)22-8-2-3-13-29-22)23-9-5-16-32(23)21-10-14-28-15-11-21/h2-11,13-16,18,25-26H,12,17H2,1H3,(H,30,34)(H,31,35)/t25-,26+/m0/s1. The Morgan fingerprint density at radius 1 is 1.06 bits per heavy atom. The number of aromatic nitrogens is 3. The van der Waals surface area contributed by atoms with Crippen molar-refractivity contribution in [2.75, 3.05) is 11.9 Å². The zero-order chi connectivity index (χ0) is 24.2. The molecule has 1 aromatic carbocycles. The van der Waals surface area contributed by atoms with Gasteiger partial charge < -0.3 is 20.1 Å². The highest BCUT2D eigenvalue weighted by atomic mass is 32.1. The molecule has 1 saturated heterocycles. The summed E-state index contributed by atoms with van der Waals surface area (Å²) in [7, 11) is 0. The molecule has 4 heterocycles. The minimum absolute atomic E-state index is 0.0528. The molecule has 0 saturated carbocycles. The fourth-order valence-corrected chi connectivity index (χ4v) is 4.84. The number of amides is 1. The molecule has 35 heavy (non-hydrogen) atoms. The van der Waals surface area contributed by atoms with E-state index in [1.165, 1.54) is 0 Å². The Bertz CT molecular complexity index is 1320. The summed E-state index contributed by atoms with van der Waals surface area (Å²) in [6, 6.07) is 21.4. The van der Waals surface area contributed by atoms with E-state index in [0.717, 1.165) is 28.3 Å². The van der Waals surface area contributed by atoms with Crippen LogP contribution in [0.25, 0.3) is 5.69 Å². The lowest BCUT2D eigenvalue weighted by molar-refractivity contribution is -0.116. The van der Waals surface area contributed by atoms with E-state index in [1.807, 2.05) is 73.8 Å². The van der Waals surface area contributed by atoms with Crippen LogP contribution in [-0.4, -0.2) is 37.0 Å². The fourth-order valence-electron chi connectivity index (χ4n) is 4.51. The van der Waals surface area contributed by atoms with Gasteiger partial charge in [-0.2, -0.15) is 0 Å². The molecular formula is C27H26N6OS. The van der Waals surface area contributed by atoms with Crippen molar-refractivity contribution in [3.8, 4) is 5.69 Å². The highest BCUT2D eigenvalue weighted by Crippen LogP contribution is 2.39. The summed E-state index contributed by atoms with van der Waals surface area (Å²) in [5, 5.41) is 7.06. The Balaban J connectivity index is 1.43. The summed E-state index contributed by atoms with van der Waals surface area (Å²) in [6.07, 6.45) is 7.68. The summed E-state index contributed by atoms with van der Waals surface area (Å²) in [4.78, 5) is 23.6. The number of hydrogen-bond donors (Lipinski definition) is 2. The van der Waals surface area contributed by atoms with E-state index in [-0.39, 0.29) is 18.0 Å². The van der Waals surface area contributed by atoms with Crippen molar-refractivity contribution in [1.82, 2.24) is 24.8 Å². The summed E-state index contributed by atoms with van der Waals surface area (Å²) < 4.78 is 2.14. The molecule has 1 aliphatic heterocycles. The molecule has 1 amide bonds. The van der Waals surface area contributed by atoms with Crippen LogP contribution in [0.5, 0.6) is 0 Å². The van der Waals surface area contributed by atoms with E-state index in [1.54, 1.807) is 18.6 Å². The Labute approximate surface area is 209 Å². The molecule has 0 radical (unpaired) electrons. The zero-order valence-corrected chi connectivity index (χ0v) is 20.2. The molecule has 0 spiro atoms. The third-order valence-corrected chi connectivity index (χ3v) is 6.46. The molecule has 2 atom stereocenters. The molecule has 2 N–H and O–H groups in total. The van der Waals surface area contributed by atoms with Gasteiger partial charge in [0.2, 0.25) is 5.91 Å². The van der Waals surface area contributed by atoms with Gasteiger partial charge in [-0.05, 0) is 73.2 Å². The number of aryl methyl sites for hydroxylation is 1. The largest absolute Gasteiger partial charge is 0.352 e. The van der Waals surface area contributed by atoms with Crippen molar-refractivity contribution in [2.45, 2.75) is 25.4 Å². The number of nitrogens with one attached hydrogen (secondary N) is 2. The minimum atomic E-state index is -0.154. The van der Waals surface area contributed by atoms with Crippen LogP contribution in [0.3, 0.4) is 0 Å². The number of hydrogen-bond acceptors (Lipinski definition) is 4. The Hall–Kier alpha value is -4.04. The topological polar surface area (TPSA) is 75.1 Å². The predicted octanol–water partition coefficient (Wildman–Crippen LogP) is 4.58. The van der Waals surface area contributed by atoms with Crippen LogP contribution in [-0.2, 0) is 4.79 Å². The highest BCUT2D eigenvalue weighted by molar-refractivity contribution is 7.80. The Morgan fingerprint density at radius 3 is 2.69 bits per heavy atom. The number of carbonyl (C=O) groups is 1. The quantitative estimate of drug-likeness (QED) is 0.376. The van der Waals surface area contributed by atoms with Crippen molar-refractivity contribution in [3.05, 3.63) is 108 Å². The molecule has 1 aliphatic rings. The maximum Gasteiger partial charge on any atom is 0.226 e. The number of rotatable bonds is 7. The van der Waals surface area contributed by atoms with Gasteiger partial charge in [0.05, 0.1) is 17.8 Å². The first-order chi connectivity index (χ1) is 17.1. The molecule has 4 aromatic rings. The smallest absolute Gasteiger partial charge is 0.226 e. The van der Waals surface area contributed by atoms with E-state index in [2.05, 4.69) is 36.1 Å². The van der Waals surface area contributed by atoms with Crippen molar-refractivity contribution in [1.29, 1.82) is 0 Å². The second-order valence-electron chi connectivity index (χ2n) is 8.50. The molecule has 3 aromatic heterocycles. The van der Waals surface area contributed by atoms with Crippen LogP contribution in [0.1, 0.15) is 35.5 Å². The normalized spacial score (nSPS) is 17.3. The van der Waals surface area contributed by atoms with E-state index in [9.17, 15) is 4.79 Å². The zero-order valence-electron chi connectivity index (χ0n) is 19.3. The first kappa shape index (κ1) is 22.7. The fraction of sp³-hybridized carbons (Fsp3) is 0.185. The van der Waals surface area contributed by atoms with Gasteiger partial charge in [0.25, 0.3) is 0 Å². The Kier molecular flexibility index (Phi) is 6.54. The highest BCUT2D eigenvalue weighted by Gasteiger charge is 2.41. The SMILES string of the molecule is Cc1cccc(NC(=O)CCN2C(=S)N[C@@H](c3ccccn3)[C@H]2c2cccn2-c2ccncc2)c1. The van der Waals surface area contributed by atoms with Crippen LogP contribution >= 0.6 is 12.2 Å². The van der Waals surface area contributed by atoms with E-state index >= 15 is 0 Å². The van der Waals surface area contributed by atoms with Gasteiger partial charge in [0.1, 0.15) is 0 Å². The summed E-state index contributed by atoms with van der Waals surface area (Å²) in [5.74, 6) is -0.0528. The van der Waals surface area contributed by atoms with Crippen LogP contribution in [0, 0.1) is 6.92 Å². The molecule has 5 rings (SSSR count).